The summed E-state index contributed by atoms with van der Waals surface area (Å²) in [6.45, 7) is 4.00. The van der Waals surface area contributed by atoms with Gasteiger partial charge in [-0.25, -0.2) is 4.98 Å². The highest BCUT2D eigenvalue weighted by Gasteiger charge is 2.21. The van der Waals surface area contributed by atoms with Gasteiger partial charge in [0.15, 0.2) is 5.13 Å². The number of rotatable bonds is 5. The van der Waals surface area contributed by atoms with Crippen LogP contribution in [0.2, 0.25) is 0 Å². The molecule has 1 saturated heterocycles. The minimum absolute atomic E-state index is 0.584. The Morgan fingerprint density at radius 1 is 1.23 bits per heavy atom. The first-order chi connectivity index (χ1) is 10.8. The van der Waals surface area contributed by atoms with Crippen molar-refractivity contribution in [3.05, 3.63) is 41.2 Å². The summed E-state index contributed by atoms with van der Waals surface area (Å²) in [4.78, 5) is 12.4. The Morgan fingerprint density at radius 3 is 2.95 bits per heavy atom. The van der Waals surface area contributed by atoms with E-state index in [1.807, 2.05) is 18.5 Å². The van der Waals surface area contributed by atoms with Crippen LogP contribution in [0, 0.1) is 0 Å². The van der Waals surface area contributed by atoms with Gasteiger partial charge in [-0.15, -0.1) is 11.3 Å². The minimum Gasteiger partial charge on any atom is -0.375 e. The van der Waals surface area contributed by atoms with E-state index in [4.69, 9.17) is 5.73 Å². The van der Waals surface area contributed by atoms with Gasteiger partial charge in [-0.2, -0.15) is 0 Å². The molecule has 2 aromatic heterocycles. The Bertz CT molecular complexity index is 563. The molecule has 0 saturated carbocycles. The van der Waals surface area contributed by atoms with Gasteiger partial charge in [0.2, 0.25) is 0 Å². The molecule has 0 amide bonds. The number of hydrogen-bond acceptors (Lipinski definition) is 6. The van der Waals surface area contributed by atoms with Gasteiger partial charge in [0.1, 0.15) is 0 Å². The molecule has 1 atom stereocenters. The van der Waals surface area contributed by atoms with Gasteiger partial charge >= 0.3 is 0 Å². The molecule has 3 heterocycles. The maximum absolute atomic E-state index is 5.78. The van der Waals surface area contributed by atoms with Crippen LogP contribution in [0.5, 0.6) is 0 Å². The molecule has 5 nitrogen and oxygen atoms in total. The molecule has 118 valence electrons. The molecule has 0 aromatic carbocycles. The van der Waals surface area contributed by atoms with Crippen LogP contribution in [0.15, 0.2) is 30.6 Å². The molecular formula is C16H23N5S. The highest BCUT2D eigenvalue weighted by atomic mass is 32.1. The lowest BCUT2D eigenvalue weighted by molar-refractivity contribution is 0.163. The van der Waals surface area contributed by atoms with Gasteiger partial charge in [-0.05, 0) is 44.5 Å². The normalized spacial score (nSPS) is 19.2. The van der Waals surface area contributed by atoms with Gasteiger partial charge < -0.3 is 11.1 Å². The second-order valence-corrected chi connectivity index (χ2v) is 6.87. The molecule has 6 heteroatoms. The first-order valence-corrected chi connectivity index (χ1v) is 8.68. The third-order valence-corrected chi connectivity index (χ3v) is 4.89. The van der Waals surface area contributed by atoms with E-state index < -0.39 is 0 Å². The van der Waals surface area contributed by atoms with Crippen LogP contribution in [0.1, 0.15) is 29.8 Å². The fourth-order valence-corrected chi connectivity index (χ4v) is 3.69. The van der Waals surface area contributed by atoms with Crippen molar-refractivity contribution in [2.45, 2.75) is 38.4 Å². The molecular weight excluding hydrogens is 294 g/mol. The number of nitrogens with one attached hydrogen (secondary N) is 1. The largest absolute Gasteiger partial charge is 0.375 e. The topological polar surface area (TPSA) is 67.1 Å². The summed E-state index contributed by atoms with van der Waals surface area (Å²) in [6, 6.07) is 6.70. The highest BCUT2D eigenvalue weighted by Crippen LogP contribution is 2.22. The Labute approximate surface area is 135 Å². The van der Waals surface area contributed by atoms with Gasteiger partial charge in [-0.1, -0.05) is 6.07 Å². The van der Waals surface area contributed by atoms with Crippen LogP contribution in [0.4, 0.5) is 5.13 Å². The molecule has 22 heavy (non-hydrogen) atoms. The van der Waals surface area contributed by atoms with Crippen molar-refractivity contribution >= 4 is 16.5 Å². The lowest BCUT2D eigenvalue weighted by atomic mass is 10.1. The fourth-order valence-electron chi connectivity index (χ4n) is 2.98. The predicted molar refractivity (Wildman–Crippen MR) is 90.5 cm³/mol. The number of thiazole rings is 1. The first-order valence-electron chi connectivity index (χ1n) is 7.86. The average Bonchev–Trinajstić information content (AvgIpc) is 2.78. The average molecular weight is 317 g/mol. The number of pyridine rings is 1. The van der Waals surface area contributed by atoms with Crippen LogP contribution in [0.25, 0.3) is 0 Å². The maximum Gasteiger partial charge on any atom is 0.180 e. The zero-order valence-corrected chi connectivity index (χ0v) is 13.6. The Balaban J connectivity index is 1.74. The van der Waals surface area contributed by atoms with Crippen LogP contribution in [-0.4, -0.2) is 34.0 Å². The SMILES string of the molecule is Nc1ncc(CN(Cc2ccccn2)C2CCCNCC2)s1. The molecule has 2 aromatic rings. The third-order valence-electron chi connectivity index (χ3n) is 4.08. The number of nitrogens with zero attached hydrogens (tertiary/aromatic N) is 3. The van der Waals surface area contributed by atoms with Crippen LogP contribution in [0.3, 0.4) is 0 Å². The molecule has 0 aliphatic carbocycles. The van der Waals surface area contributed by atoms with Crippen molar-refractivity contribution in [2.75, 3.05) is 18.8 Å². The summed E-state index contributed by atoms with van der Waals surface area (Å²) >= 11 is 1.58. The van der Waals surface area contributed by atoms with Crippen LogP contribution < -0.4 is 11.1 Å². The zero-order valence-electron chi connectivity index (χ0n) is 12.7. The lowest BCUT2D eigenvalue weighted by Gasteiger charge is -2.30. The number of aromatic nitrogens is 2. The van der Waals surface area contributed by atoms with E-state index in [1.165, 1.54) is 24.1 Å². The van der Waals surface area contributed by atoms with Gasteiger partial charge in [-0.3, -0.25) is 9.88 Å². The predicted octanol–water partition coefficient (Wildman–Crippen LogP) is 2.26. The maximum atomic E-state index is 5.78. The van der Waals surface area contributed by atoms with Crippen molar-refractivity contribution < 1.29 is 0 Å². The second kappa shape index (κ2) is 7.67. The van der Waals surface area contributed by atoms with E-state index >= 15 is 0 Å². The summed E-state index contributed by atoms with van der Waals surface area (Å²) in [5.74, 6) is 0. The standard InChI is InChI=1S/C16H23N5S/c17-16-20-10-15(22-16)12-21(11-13-4-1-2-8-19-13)14-5-3-7-18-9-6-14/h1-2,4,8,10,14,18H,3,5-7,9,11-12H2,(H2,17,20). The second-order valence-electron chi connectivity index (χ2n) is 5.73. The molecule has 1 fully saturated rings. The van der Waals surface area contributed by atoms with Crippen molar-refractivity contribution in [1.82, 2.24) is 20.2 Å². The molecule has 1 aliphatic heterocycles. The van der Waals surface area contributed by atoms with Gasteiger partial charge in [0.05, 0.1) is 5.69 Å². The molecule has 1 aliphatic rings. The quantitative estimate of drug-likeness (QED) is 0.885. The van der Waals surface area contributed by atoms with Crippen molar-refractivity contribution in [2.24, 2.45) is 0 Å². The minimum atomic E-state index is 0.584. The summed E-state index contributed by atoms with van der Waals surface area (Å²) < 4.78 is 0. The molecule has 3 N–H and O–H groups in total. The summed E-state index contributed by atoms with van der Waals surface area (Å²) in [7, 11) is 0. The number of hydrogen-bond donors (Lipinski definition) is 2. The zero-order chi connectivity index (χ0) is 15.2. The van der Waals surface area contributed by atoms with Gasteiger partial charge in [0, 0.05) is 36.4 Å². The van der Waals surface area contributed by atoms with E-state index in [0.29, 0.717) is 11.2 Å². The third kappa shape index (κ3) is 4.25. The Kier molecular flexibility index (Phi) is 5.37. The Morgan fingerprint density at radius 2 is 2.18 bits per heavy atom. The first kappa shape index (κ1) is 15.4. The smallest absolute Gasteiger partial charge is 0.180 e. The van der Waals surface area contributed by atoms with Crippen LogP contribution >= 0.6 is 11.3 Å². The van der Waals surface area contributed by atoms with E-state index in [0.717, 1.165) is 31.9 Å². The fraction of sp³-hybridized carbons (Fsp3) is 0.500. The number of nitrogens with two attached hydrogens (primary N) is 1. The van der Waals surface area contributed by atoms with Gasteiger partial charge in [0.25, 0.3) is 0 Å². The number of anilines is 1. The van der Waals surface area contributed by atoms with Crippen molar-refractivity contribution in [3.8, 4) is 0 Å². The monoisotopic (exact) mass is 317 g/mol. The van der Waals surface area contributed by atoms with Crippen molar-refractivity contribution in [1.29, 1.82) is 0 Å². The molecule has 0 spiro atoms. The lowest BCUT2D eigenvalue weighted by Crippen LogP contribution is -2.35. The molecule has 0 radical (unpaired) electrons. The number of nitrogen functional groups attached to an aromatic ring is 1. The van der Waals surface area contributed by atoms with E-state index in [9.17, 15) is 0 Å². The van der Waals surface area contributed by atoms with E-state index in [1.54, 1.807) is 11.3 Å². The highest BCUT2D eigenvalue weighted by molar-refractivity contribution is 7.15. The summed E-state index contributed by atoms with van der Waals surface area (Å²) in [6.07, 6.45) is 7.41. The summed E-state index contributed by atoms with van der Waals surface area (Å²) in [5, 5.41) is 4.14. The molecule has 3 rings (SSSR count). The van der Waals surface area contributed by atoms with E-state index in [2.05, 4.69) is 32.3 Å². The summed E-state index contributed by atoms with van der Waals surface area (Å²) in [5.41, 5.74) is 6.90. The Hall–Kier alpha value is -1.50. The van der Waals surface area contributed by atoms with E-state index in [-0.39, 0.29) is 0 Å². The molecule has 1 unspecified atom stereocenters. The van der Waals surface area contributed by atoms with Crippen LogP contribution in [-0.2, 0) is 13.1 Å². The molecule has 0 bridgehead atoms. The van der Waals surface area contributed by atoms with Crippen molar-refractivity contribution in [3.63, 3.8) is 0 Å².